The molecule has 0 radical (unpaired) electrons. The van der Waals surface area contributed by atoms with Gasteiger partial charge in [-0.05, 0) is 35.8 Å². The van der Waals surface area contributed by atoms with E-state index in [1.54, 1.807) is 0 Å². The highest BCUT2D eigenvalue weighted by Gasteiger charge is 2.42. The van der Waals surface area contributed by atoms with Crippen molar-refractivity contribution in [2.75, 3.05) is 7.11 Å². The van der Waals surface area contributed by atoms with E-state index in [1.807, 2.05) is 19.9 Å². The summed E-state index contributed by atoms with van der Waals surface area (Å²) in [5.41, 5.74) is -0.207. The fourth-order valence-corrected chi connectivity index (χ4v) is 2.95. The van der Waals surface area contributed by atoms with E-state index in [-0.39, 0.29) is 28.5 Å². The molecular formula is C13H19ClO3. The largest absolute Gasteiger partial charge is 0.466 e. The third-order valence-corrected chi connectivity index (χ3v) is 4.06. The highest BCUT2D eigenvalue weighted by atomic mass is 35.5. The van der Waals surface area contributed by atoms with E-state index in [9.17, 15) is 9.59 Å². The van der Waals surface area contributed by atoms with Crippen LogP contribution in [0.3, 0.4) is 0 Å². The zero-order chi connectivity index (χ0) is 13.1. The molecule has 2 unspecified atom stereocenters. The monoisotopic (exact) mass is 258 g/mol. The van der Waals surface area contributed by atoms with E-state index in [0.29, 0.717) is 0 Å². The van der Waals surface area contributed by atoms with Gasteiger partial charge >= 0.3 is 5.97 Å². The second kappa shape index (κ2) is 5.67. The molecule has 2 atom stereocenters. The quantitative estimate of drug-likeness (QED) is 0.444. The van der Waals surface area contributed by atoms with Gasteiger partial charge in [0.05, 0.1) is 7.11 Å². The Morgan fingerprint density at radius 1 is 1.35 bits per heavy atom. The summed E-state index contributed by atoms with van der Waals surface area (Å²) >= 11 is 5.64. The van der Waals surface area contributed by atoms with Gasteiger partial charge in [-0.15, -0.1) is 0 Å². The SMILES string of the molecule is COC(=O)C=CC1CCCC(C(=O)Cl)C1(C)C. The minimum Gasteiger partial charge on any atom is -0.466 e. The molecule has 3 nitrogen and oxygen atoms in total. The van der Waals surface area contributed by atoms with Crippen LogP contribution in [0.2, 0.25) is 0 Å². The van der Waals surface area contributed by atoms with Crippen LogP contribution in [0.5, 0.6) is 0 Å². The summed E-state index contributed by atoms with van der Waals surface area (Å²) in [7, 11) is 1.35. The van der Waals surface area contributed by atoms with Gasteiger partial charge in [-0.25, -0.2) is 4.79 Å². The van der Waals surface area contributed by atoms with Gasteiger partial charge in [-0.1, -0.05) is 26.3 Å². The van der Waals surface area contributed by atoms with Crippen LogP contribution in [-0.2, 0) is 14.3 Å². The van der Waals surface area contributed by atoms with Crippen LogP contribution in [-0.4, -0.2) is 18.3 Å². The van der Waals surface area contributed by atoms with Gasteiger partial charge in [0.25, 0.3) is 0 Å². The van der Waals surface area contributed by atoms with Crippen molar-refractivity contribution in [2.45, 2.75) is 33.1 Å². The maximum absolute atomic E-state index is 11.4. The lowest BCUT2D eigenvalue weighted by Gasteiger charge is -2.42. The predicted octanol–water partition coefficient (Wildman–Crippen LogP) is 2.92. The van der Waals surface area contributed by atoms with E-state index in [1.165, 1.54) is 13.2 Å². The van der Waals surface area contributed by atoms with E-state index >= 15 is 0 Å². The molecule has 0 aromatic carbocycles. The van der Waals surface area contributed by atoms with Crippen LogP contribution in [0, 0.1) is 17.3 Å². The topological polar surface area (TPSA) is 43.4 Å². The smallest absolute Gasteiger partial charge is 0.330 e. The lowest BCUT2D eigenvalue weighted by molar-refractivity contribution is -0.134. The number of carbonyl (C=O) groups is 2. The third-order valence-electron chi connectivity index (χ3n) is 3.80. The molecule has 0 N–H and O–H groups in total. The normalized spacial score (nSPS) is 28.0. The first kappa shape index (κ1) is 14.2. The average molecular weight is 259 g/mol. The molecule has 1 fully saturated rings. The van der Waals surface area contributed by atoms with Gasteiger partial charge in [-0.3, -0.25) is 4.79 Å². The van der Waals surface area contributed by atoms with Crippen LogP contribution in [0.25, 0.3) is 0 Å². The highest BCUT2D eigenvalue weighted by Crippen LogP contribution is 2.46. The first-order valence-electron chi connectivity index (χ1n) is 5.85. The molecule has 1 rings (SSSR count). The number of hydrogen-bond donors (Lipinski definition) is 0. The molecule has 0 aromatic rings. The van der Waals surface area contributed by atoms with Crippen molar-refractivity contribution in [3.05, 3.63) is 12.2 Å². The van der Waals surface area contributed by atoms with Crippen LogP contribution in [0.4, 0.5) is 0 Å². The minimum absolute atomic E-state index is 0.134. The van der Waals surface area contributed by atoms with Gasteiger partial charge in [-0.2, -0.15) is 0 Å². The molecule has 4 heteroatoms. The number of esters is 1. The predicted molar refractivity (Wildman–Crippen MR) is 66.6 cm³/mol. The van der Waals surface area contributed by atoms with Crippen molar-refractivity contribution in [1.82, 2.24) is 0 Å². The molecule has 0 bridgehead atoms. The summed E-state index contributed by atoms with van der Waals surface area (Å²) in [4.78, 5) is 22.5. The Labute approximate surface area is 107 Å². The van der Waals surface area contributed by atoms with Gasteiger partial charge in [0.2, 0.25) is 5.24 Å². The number of ether oxygens (including phenoxy) is 1. The van der Waals surface area contributed by atoms with Crippen LogP contribution < -0.4 is 0 Å². The van der Waals surface area contributed by atoms with Gasteiger partial charge in [0, 0.05) is 12.0 Å². The molecule has 0 spiro atoms. The molecule has 0 aliphatic heterocycles. The molecule has 0 amide bonds. The molecular weight excluding hydrogens is 240 g/mol. The molecule has 0 saturated heterocycles. The molecule has 0 aromatic heterocycles. The second-order valence-corrected chi connectivity index (χ2v) is 5.47. The van der Waals surface area contributed by atoms with E-state index in [0.717, 1.165) is 19.3 Å². The first-order valence-corrected chi connectivity index (χ1v) is 6.23. The maximum Gasteiger partial charge on any atom is 0.330 e. The van der Waals surface area contributed by atoms with Crippen LogP contribution >= 0.6 is 11.6 Å². The molecule has 96 valence electrons. The lowest BCUT2D eigenvalue weighted by Crippen LogP contribution is -2.38. The minimum atomic E-state index is -0.361. The number of allylic oxidation sites excluding steroid dienone is 1. The maximum atomic E-state index is 11.4. The summed E-state index contributed by atoms with van der Waals surface area (Å²) in [5, 5.41) is -0.272. The Morgan fingerprint density at radius 2 is 2.00 bits per heavy atom. The Hall–Kier alpha value is -0.830. The standard InChI is InChI=1S/C13H19ClO3/c1-13(2)9(7-8-11(15)17-3)5-4-6-10(13)12(14)16/h7-10H,4-6H2,1-3H3. The number of hydrogen-bond acceptors (Lipinski definition) is 3. The Bertz CT molecular complexity index is 334. The molecule has 17 heavy (non-hydrogen) atoms. The highest BCUT2D eigenvalue weighted by molar-refractivity contribution is 6.64. The summed E-state index contributed by atoms with van der Waals surface area (Å²) < 4.78 is 4.56. The van der Waals surface area contributed by atoms with Crippen LogP contribution in [0.1, 0.15) is 33.1 Å². The van der Waals surface area contributed by atoms with Crippen molar-refractivity contribution >= 4 is 22.8 Å². The zero-order valence-electron chi connectivity index (χ0n) is 10.5. The zero-order valence-corrected chi connectivity index (χ0v) is 11.3. The summed E-state index contributed by atoms with van der Waals surface area (Å²) in [6, 6.07) is 0. The van der Waals surface area contributed by atoms with Gasteiger partial charge in [0.15, 0.2) is 0 Å². The summed E-state index contributed by atoms with van der Waals surface area (Å²) in [5.74, 6) is -0.312. The van der Waals surface area contributed by atoms with Crippen molar-refractivity contribution in [2.24, 2.45) is 17.3 Å². The first-order chi connectivity index (χ1) is 7.89. The van der Waals surface area contributed by atoms with Crippen molar-refractivity contribution < 1.29 is 14.3 Å². The van der Waals surface area contributed by atoms with Crippen molar-refractivity contribution in [3.63, 3.8) is 0 Å². The van der Waals surface area contributed by atoms with Crippen molar-refractivity contribution in [3.8, 4) is 0 Å². The molecule has 1 aliphatic carbocycles. The molecule has 0 heterocycles. The second-order valence-electron chi connectivity index (χ2n) is 5.10. The van der Waals surface area contributed by atoms with E-state index < -0.39 is 0 Å². The van der Waals surface area contributed by atoms with E-state index in [2.05, 4.69) is 4.74 Å². The van der Waals surface area contributed by atoms with E-state index in [4.69, 9.17) is 11.6 Å². The number of methoxy groups -OCH3 is 1. The summed E-state index contributed by atoms with van der Waals surface area (Å²) in [6.45, 7) is 4.06. The number of carbonyl (C=O) groups excluding carboxylic acids is 2. The average Bonchev–Trinajstić information content (AvgIpc) is 2.25. The third kappa shape index (κ3) is 3.32. The number of halogens is 1. The van der Waals surface area contributed by atoms with Crippen LogP contribution in [0.15, 0.2) is 12.2 Å². The Balaban J connectivity index is 2.82. The number of rotatable bonds is 3. The molecule has 1 aliphatic rings. The Morgan fingerprint density at radius 3 is 2.53 bits per heavy atom. The fourth-order valence-electron chi connectivity index (χ4n) is 2.56. The Kier molecular flexibility index (Phi) is 4.75. The molecule has 1 saturated carbocycles. The fraction of sp³-hybridized carbons (Fsp3) is 0.692. The van der Waals surface area contributed by atoms with Crippen molar-refractivity contribution in [1.29, 1.82) is 0 Å². The lowest BCUT2D eigenvalue weighted by atomic mass is 9.62. The van der Waals surface area contributed by atoms with Gasteiger partial charge in [0.1, 0.15) is 0 Å². The summed E-state index contributed by atoms with van der Waals surface area (Å²) in [6.07, 6.45) is 6.05. The van der Waals surface area contributed by atoms with Gasteiger partial charge < -0.3 is 4.74 Å².